The van der Waals surface area contributed by atoms with Gasteiger partial charge in [-0.3, -0.25) is 0 Å². The van der Waals surface area contributed by atoms with Crippen LogP contribution in [0.5, 0.6) is 11.5 Å². The van der Waals surface area contributed by atoms with Gasteiger partial charge in [0.25, 0.3) is 5.79 Å². The Morgan fingerprint density at radius 2 is 1.79 bits per heavy atom. The van der Waals surface area contributed by atoms with Gasteiger partial charge < -0.3 is 9.47 Å². The van der Waals surface area contributed by atoms with E-state index < -0.39 is 14.8 Å². The topological polar surface area (TPSA) is 52.6 Å². The second-order valence-electron chi connectivity index (χ2n) is 4.90. The van der Waals surface area contributed by atoms with Crippen molar-refractivity contribution in [2.75, 3.05) is 0 Å². The summed E-state index contributed by atoms with van der Waals surface area (Å²) in [7, 11) is 1.69. The third kappa shape index (κ3) is 2.71. The summed E-state index contributed by atoms with van der Waals surface area (Å²) < 4.78 is 34.8. The Hall–Kier alpha value is -0.460. The molecule has 1 aromatic carbocycles. The van der Waals surface area contributed by atoms with Gasteiger partial charge in [0, 0.05) is 28.0 Å². The summed E-state index contributed by atoms with van der Waals surface area (Å²) in [5, 5.41) is 0. The number of benzene rings is 1. The van der Waals surface area contributed by atoms with Gasteiger partial charge in [-0.05, 0) is 30.5 Å². The highest BCUT2D eigenvalue weighted by molar-refractivity contribution is 9.10. The summed E-state index contributed by atoms with van der Waals surface area (Å²) in [5.41, 5.74) is 0.576. The van der Waals surface area contributed by atoms with Crippen LogP contribution < -0.4 is 9.47 Å². The molecule has 104 valence electrons. The van der Waals surface area contributed by atoms with E-state index in [1.165, 1.54) is 0 Å². The summed E-state index contributed by atoms with van der Waals surface area (Å²) in [5.74, 6) is 0.476. The minimum Gasteiger partial charge on any atom is -0.448 e. The quantitative estimate of drug-likeness (QED) is 0.750. The smallest absolute Gasteiger partial charge is 0.251 e. The standard InChI is InChI=1S/C12H12BrClO4S/c13-9-6-11-10(5-8(9)7-19(14,15)16)17-12(18-11)3-1-2-4-12/h5-6H,1-4,7H2. The van der Waals surface area contributed by atoms with Gasteiger partial charge in [-0.25, -0.2) is 8.42 Å². The fraction of sp³-hybridized carbons (Fsp3) is 0.500. The molecule has 1 aliphatic heterocycles. The lowest BCUT2D eigenvalue weighted by atomic mass is 10.2. The number of ether oxygens (including phenoxy) is 2. The summed E-state index contributed by atoms with van der Waals surface area (Å²) in [6, 6.07) is 3.44. The van der Waals surface area contributed by atoms with Gasteiger partial charge in [-0.15, -0.1) is 0 Å². The van der Waals surface area contributed by atoms with Gasteiger partial charge in [-0.1, -0.05) is 15.9 Å². The van der Waals surface area contributed by atoms with Crippen molar-refractivity contribution in [2.45, 2.75) is 37.2 Å². The number of hydrogen-bond acceptors (Lipinski definition) is 4. The van der Waals surface area contributed by atoms with Gasteiger partial charge in [0.1, 0.15) is 0 Å². The zero-order valence-electron chi connectivity index (χ0n) is 9.99. The summed E-state index contributed by atoms with van der Waals surface area (Å²) in [6.07, 6.45) is 3.89. The predicted octanol–water partition coefficient (Wildman–Crippen LogP) is 3.56. The fourth-order valence-corrected chi connectivity index (χ4v) is 4.18. The molecule has 3 rings (SSSR count). The Bertz CT molecular complexity index is 623. The maximum absolute atomic E-state index is 11.2. The highest BCUT2D eigenvalue weighted by atomic mass is 79.9. The summed E-state index contributed by atoms with van der Waals surface area (Å²) >= 11 is 3.34. The van der Waals surface area contributed by atoms with E-state index in [1.54, 1.807) is 12.1 Å². The van der Waals surface area contributed by atoms with Crippen LogP contribution >= 0.6 is 26.6 Å². The van der Waals surface area contributed by atoms with Crippen molar-refractivity contribution >= 4 is 35.7 Å². The van der Waals surface area contributed by atoms with Crippen LogP contribution in [-0.4, -0.2) is 14.2 Å². The molecule has 0 amide bonds. The highest BCUT2D eigenvalue weighted by Crippen LogP contribution is 2.48. The Kier molecular flexibility index (Phi) is 3.22. The van der Waals surface area contributed by atoms with Gasteiger partial charge in [0.05, 0.1) is 5.75 Å². The Labute approximate surface area is 124 Å². The SMILES string of the molecule is O=S(=O)(Cl)Cc1cc2c(cc1Br)OC1(CCCC1)O2. The monoisotopic (exact) mass is 366 g/mol. The average molecular weight is 368 g/mol. The summed E-state index contributed by atoms with van der Waals surface area (Å²) in [6.45, 7) is 0. The van der Waals surface area contributed by atoms with Crippen LogP contribution in [0, 0.1) is 0 Å². The lowest BCUT2D eigenvalue weighted by Crippen LogP contribution is -2.34. The molecule has 1 fully saturated rings. The molecule has 2 aliphatic rings. The maximum Gasteiger partial charge on any atom is 0.251 e. The molecular weight excluding hydrogens is 356 g/mol. The average Bonchev–Trinajstić information content (AvgIpc) is 2.84. The van der Waals surface area contributed by atoms with Crippen molar-refractivity contribution in [1.82, 2.24) is 0 Å². The first-order chi connectivity index (χ1) is 8.87. The first kappa shape index (κ1) is 13.5. The van der Waals surface area contributed by atoms with E-state index in [9.17, 15) is 8.42 Å². The molecule has 0 saturated heterocycles. The minimum atomic E-state index is -3.60. The Morgan fingerprint density at radius 3 is 2.37 bits per heavy atom. The van der Waals surface area contributed by atoms with Crippen molar-refractivity contribution in [3.8, 4) is 11.5 Å². The first-order valence-electron chi connectivity index (χ1n) is 6.00. The molecule has 0 N–H and O–H groups in total. The van der Waals surface area contributed by atoms with Crippen LogP contribution in [-0.2, 0) is 14.8 Å². The molecule has 1 spiro atoms. The zero-order valence-corrected chi connectivity index (χ0v) is 13.1. The maximum atomic E-state index is 11.2. The number of halogens is 2. The largest absolute Gasteiger partial charge is 0.448 e. The second-order valence-corrected chi connectivity index (χ2v) is 8.53. The third-order valence-electron chi connectivity index (χ3n) is 3.40. The van der Waals surface area contributed by atoms with Crippen molar-refractivity contribution < 1.29 is 17.9 Å². The first-order valence-corrected chi connectivity index (χ1v) is 9.27. The van der Waals surface area contributed by atoms with Crippen molar-refractivity contribution in [1.29, 1.82) is 0 Å². The van der Waals surface area contributed by atoms with E-state index in [4.69, 9.17) is 20.2 Å². The highest BCUT2D eigenvalue weighted by Gasteiger charge is 2.44. The number of fused-ring (bicyclic) bond motifs is 1. The van der Waals surface area contributed by atoms with Gasteiger partial charge in [0.15, 0.2) is 11.5 Å². The van der Waals surface area contributed by atoms with Crippen molar-refractivity contribution in [3.63, 3.8) is 0 Å². The molecule has 1 aromatic rings. The van der Waals surface area contributed by atoms with E-state index in [0.717, 1.165) is 25.7 Å². The van der Waals surface area contributed by atoms with Crippen LogP contribution in [0.3, 0.4) is 0 Å². The molecule has 0 aromatic heterocycles. The van der Waals surface area contributed by atoms with Crippen LogP contribution in [0.25, 0.3) is 0 Å². The number of rotatable bonds is 2. The van der Waals surface area contributed by atoms with Crippen LogP contribution in [0.15, 0.2) is 16.6 Å². The van der Waals surface area contributed by atoms with E-state index >= 15 is 0 Å². The molecule has 1 heterocycles. The van der Waals surface area contributed by atoms with Gasteiger partial charge >= 0.3 is 0 Å². The van der Waals surface area contributed by atoms with E-state index in [2.05, 4.69) is 15.9 Å². The molecule has 7 heteroatoms. The zero-order chi connectivity index (χ0) is 13.7. The molecule has 1 aliphatic carbocycles. The fourth-order valence-electron chi connectivity index (χ4n) is 2.57. The van der Waals surface area contributed by atoms with Crippen molar-refractivity contribution in [3.05, 3.63) is 22.2 Å². The Morgan fingerprint density at radius 1 is 1.21 bits per heavy atom. The van der Waals surface area contributed by atoms with Crippen LogP contribution in [0.1, 0.15) is 31.2 Å². The molecule has 0 atom stereocenters. The van der Waals surface area contributed by atoms with Crippen LogP contribution in [0.4, 0.5) is 0 Å². The summed E-state index contributed by atoms with van der Waals surface area (Å²) in [4.78, 5) is 0. The molecule has 1 saturated carbocycles. The van der Waals surface area contributed by atoms with Crippen LogP contribution in [0.2, 0.25) is 0 Å². The molecule has 0 unspecified atom stereocenters. The number of hydrogen-bond donors (Lipinski definition) is 0. The normalized spacial score (nSPS) is 20.1. The van der Waals surface area contributed by atoms with E-state index in [-0.39, 0.29) is 5.75 Å². The van der Waals surface area contributed by atoms with Gasteiger partial charge in [-0.2, -0.15) is 0 Å². The lowest BCUT2D eigenvalue weighted by molar-refractivity contribution is -0.0716. The predicted molar refractivity (Wildman–Crippen MR) is 75.1 cm³/mol. The molecule has 0 radical (unpaired) electrons. The van der Waals surface area contributed by atoms with Crippen molar-refractivity contribution in [2.24, 2.45) is 0 Å². The van der Waals surface area contributed by atoms with E-state index in [1.807, 2.05) is 0 Å². The van der Waals surface area contributed by atoms with E-state index in [0.29, 0.717) is 21.5 Å². The third-order valence-corrected chi connectivity index (χ3v) is 5.12. The minimum absolute atomic E-state index is 0.237. The second kappa shape index (κ2) is 4.53. The molecule has 0 bridgehead atoms. The molecular formula is C12H12BrClO4S. The Balaban J connectivity index is 1.94. The lowest BCUT2D eigenvalue weighted by Gasteiger charge is -2.21. The van der Waals surface area contributed by atoms with Gasteiger partial charge in [0.2, 0.25) is 9.05 Å². The molecule has 4 nitrogen and oxygen atoms in total. The molecule has 19 heavy (non-hydrogen) atoms.